The van der Waals surface area contributed by atoms with Gasteiger partial charge in [-0.3, -0.25) is 29.4 Å². The van der Waals surface area contributed by atoms with Crippen molar-refractivity contribution in [3.8, 4) is 11.8 Å². The van der Waals surface area contributed by atoms with Crippen LogP contribution in [0, 0.1) is 11.3 Å². The summed E-state index contributed by atoms with van der Waals surface area (Å²) >= 11 is 0. The van der Waals surface area contributed by atoms with Gasteiger partial charge in [-0.2, -0.15) is 5.26 Å². The second kappa shape index (κ2) is 24.9. The molecule has 5 atom stereocenters. The molecule has 0 aliphatic carbocycles. The van der Waals surface area contributed by atoms with E-state index in [1.54, 1.807) is 60.8 Å². The van der Waals surface area contributed by atoms with Crippen molar-refractivity contribution in [1.82, 2.24) is 46.7 Å². The Morgan fingerprint density at radius 2 is 1.51 bits per heavy atom. The summed E-state index contributed by atoms with van der Waals surface area (Å²) in [6.45, 7) is 1.24. The van der Waals surface area contributed by atoms with Gasteiger partial charge in [0.25, 0.3) is 5.91 Å². The normalized spacial score (nSPS) is 13.4. The summed E-state index contributed by atoms with van der Waals surface area (Å²) in [7, 11) is 1.51. The number of fused-ring (bicyclic) bond motifs is 1. The summed E-state index contributed by atoms with van der Waals surface area (Å²) < 4.78 is 5.24. The Balaban J connectivity index is 1.40. The summed E-state index contributed by atoms with van der Waals surface area (Å²) in [6.07, 6.45) is 7.59. The second-order valence-corrected chi connectivity index (χ2v) is 15.8. The summed E-state index contributed by atoms with van der Waals surface area (Å²) in [5.74, 6) is -3.20. The number of carbonyl (C=O) groups excluding carboxylic acids is 6. The molecule has 2 aromatic heterocycles. The molecule has 20 nitrogen and oxygen atoms in total. The molecule has 67 heavy (non-hydrogen) atoms. The number of nitrogens with zero attached hydrogens (tertiary/aromatic N) is 3. The predicted molar refractivity (Wildman–Crippen MR) is 250 cm³/mol. The average molecular weight is 916 g/mol. The molecule has 3 aromatic carbocycles. The SMILES string of the molecule is COc1ccc(/C=C(/C#N)CN(NC(=O)[C@H](C)NC(=O)[C@@H](Cc2c[nH]c3ccccc23)NC(=O)[C@@H](N)Cc2cnc[nH]2)C(=O)N[C@H](Cc2ccccc2)C(=O)N[C@@H](CCCCN)C(N)=O)cc1. The van der Waals surface area contributed by atoms with E-state index in [4.69, 9.17) is 21.9 Å². The third-order valence-electron chi connectivity index (χ3n) is 10.7. The van der Waals surface area contributed by atoms with Crippen LogP contribution in [0.2, 0.25) is 0 Å². The highest BCUT2D eigenvalue weighted by Gasteiger charge is 2.31. The molecule has 0 fully saturated rings. The van der Waals surface area contributed by atoms with Crippen LogP contribution in [0.15, 0.2) is 103 Å². The summed E-state index contributed by atoms with van der Waals surface area (Å²) in [6, 6.07) is 18.0. The number of urea groups is 1. The molecule has 5 aromatic rings. The lowest BCUT2D eigenvalue weighted by atomic mass is 10.0. The third kappa shape index (κ3) is 15.0. The Hall–Kier alpha value is -8.02. The van der Waals surface area contributed by atoms with Crippen molar-refractivity contribution in [2.45, 2.75) is 75.7 Å². The third-order valence-corrected chi connectivity index (χ3v) is 10.7. The number of carbonyl (C=O) groups is 6. The largest absolute Gasteiger partial charge is 0.497 e. The number of ether oxygens (including phenoxy) is 1. The number of imidazole rings is 1. The fourth-order valence-electron chi connectivity index (χ4n) is 7.03. The molecule has 20 heteroatoms. The van der Waals surface area contributed by atoms with Gasteiger partial charge >= 0.3 is 6.03 Å². The number of rotatable bonds is 23. The molecule has 0 radical (unpaired) electrons. The first-order valence-corrected chi connectivity index (χ1v) is 21.6. The van der Waals surface area contributed by atoms with Crippen molar-refractivity contribution in [1.29, 1.82) is 5.26 Å². The zero-order valence-electron chi connectivity index (χ0n) is 37.3. The van der Waals surface area contributed by atoms with Crippen LogP contribution in [0.1, 0.15) is 48.6 Å². The lowest BCUT2D eigenvalue weighted by Crippen LogP contribution is -2.61. The summed E-state index contributed by atoms with van der Waals surface area (Å²) in [4.78, 5) is 92.2. The molecule has 0 unspecified atom stereocenters. The highest BCUT2D eigenvalue weighted by molar-refractivity contribution is 5.95. The average Bonchev–Trinajstić information content (AvgIpc) is 4.00. The predicted octanol–water partition coefficient (Wildman–Crippen LogP) is 1.36. The lowest BCUT2D eigenvalue weighted by Gasteiger charge is -2.29. The fourth-order valence-corrected chi connectivity index (χ4v) is 7.03. The van der Waals surface area contributed by atoms with E-state index >= 15 is 0 Å². The van der Waals surface area contributed by atoms with Crippen molar-refractivity contribution >= 4 is 52.5 Å². The van der Waals surface area contributed by atoms with Crippen LogP contribution in [0.25, 0.3) is 17.0 Å². The number of benzene rings is 3. The number of primary amides is 1. The molecule has 352 valence electrons. The second-order valence-electron chi connectivity index (χ2n) is 15.8. The van der Waals surface area contributed by atoms with Crippen LogP contribution in [-0.4, -0.2) is 106 Å². The van der Waals surface area contributed by atoms with E-state index < -0.39 is 72.3 Å². The van der Waals surface area contributed by atoms with E-state index in [2.05, 4.69) is 47.7 Å². The van der Waals surface area contributed by atoms with Crippen LogP contribution < -0.4 is 48.6 Å². The number of H-pyrrole nitrogens is 2. The number of hydrazine groups is 1. The number of nitrogens with two attached hydrogens (primary N) is 3. The number of nitrogens with one attached hydrogen (secondary N) is 7. The van der Waals surface area contributed by atoms with Crippen molar-refractivity contribution in [3.63, 3.8) is 0 Å². The van der Waals surface area contributed by atoms with Gasteiger partial charge in [-0.1, -0.05) is 60.7 Å². The molecular weight excluding hydrogens is 859 g/mol. The lowest BCUT2D eigenvalue weighted by molar-refractivity contribution is -0.133. The number of aromatic nitrogens is 3. The van der Waals surface area contributed by atoms with Gasteiger partial charge in [0.1, 0.15) is 29.9 Å². The monoisotopic (exact) mass is 915 g/mol. The number of methoxy groups -OCH3 is 1. The van der Waals surface area contributed by atoms with Crippen molar-refractivity contribution in [3.05, 3.63) is 126 Å². The van der Waals surface area contributed by atoms with E-state index in [0.29, 0.717) is 47.5 Å². The van der Waals surface area contributed by atoms with Crippen LogP contribution >= 0.6 is 0 Å². The van der Waals surface area contributed by atoms with Gasteiger partial charge in [0.05, 0.1) is 37.7 Å². The standard InChI is InChI=1S/C47H57N13O7/c1-29(55-45(64)41(22-33-25-53-38-13-7-6-12-36(33)38)57-44(63)37(50)23-34-26-52-28-54-34)43(62)59-60(27-32(24-49)20-31-15-17-35(67-2)18-16-31)47(66)58-40(21-30-10-4-3-5-11-30)46(65)56-39(42(51)61)14-8-9-19-48/h3-7,10-13,15-18,20,25-26,28-29,37,39-41,53H,8-9,14,19,21-23,27,48,50H2,1-2H3,(H2,51,61)(H,52,54)(H,55,64)(H,56,65)(H,57,63)(H,58,66)(H,59,62)/b32-20-/t29-,37-,39-,40+,41+/m0/s1. The maximum absolute atomic E-state index is 14.3. The molecular formula is C47H57N13O7. The van der Waals surface area contributed by atoms with E-state index in [1.165, 1.54) is 32.6 Å². The number of nitriles is 1. The molecule has 0 aliphatic heterocycles. The van der Waals surface area contributed by atoms with Gasteiger partial charge in [-0.05, 0) is 73.7 Å². The minimum absolute atomic E-state index is 0.0113. The number of hydrogen-bond donors (Lipinski definition) is 10. The van der Waals surface area contributed by atoms with Crippen LogP contribution in [-0.2, 0) is 43.2 Å². The first-order chi connectivity index (χ1) is 32.3. The Kier molecular flexibility index (Phi) is 18.6. The summed E-state index contributed by atoms with van der Waals surface area (Å²) in [5.41, 5.74) is 23.4. The van der Waals surface area contributed by atoms with Gasteiger partial charge in [-0.25, -0.2) is 14.8 Å². The maximum Gasteiger partial charge on any atom is 0.337 e. The minimum atomic E-state index is -1.34. The number of unbranched alkanes of at least 4 members (excludes halogenated alkanes) is 1. The zero-order chi connectivity index (χ0) is 48.3. The van der Waals surface area contributed by atoms with Crippen molar-refractivity contribution in [2.75, 3.05) is 20.2 Å². The Morgan fingerprint density at radius 1 is 0.821 bits per heavy atom. The number of amides is 7. The van der Waals surface area contributed by atoms with E-state index in [0.717, 1.165) is 15.9 Å². The number of aromatic amines is 2. The Bertz CT molecular complexity index is 2520. The molecule has 0 aliphatic rings. The number of para-hydroxylation sites is 1. The van der Waals surface area contributed by atoms with Gasteiger partial charge in [0, 0.05) is 48.3 Å². The Labute approximate surface area is 387 Å². The molecule has 13 N–H and O–H groups in total. The molecule has 0 saturated heterocycles. The van der Waals surface area contributed by atoms with Crippen molar-refractivity contribution < 1.29 is 33.5 Å². The van der Waals surface area contributed by atoms with E-state index in [1.807, 2.05) is 24.3 Å². The highest BCUT2D eigenvalue weighted by Crippen LogP contribution is 2.20. The highest BCUT2D eigenvalue weighted by atomic mass is 16.5. The van der Waals surface area contributed by atoms with Gasteiger partial charge < -0.3 is 53.2 Å². The van der Waals surface area contributed by atoms with Gasteiger partial charge in [0.2, 0.25) is 23.6 Å². The fraction of sp³-hybridized carbons (Fsp3) is 0.319. The molecule has 2 heterocycles. The van der Waals surface area contributed by atoms with Gasteiger partial charge in [0.15, 0.2) is 0 Å². The zero-order valence-corrected chi connectivity index (χ0v) is 37.3. The molecule has 7 amide bonds. The van der Waals surface area contributed by atoms with Gasteiger partial charge in [-0.15, -0.1) is 0 Å². The smallest absolute Gasteiger partial charge is 0.337 e. The van der Waals surface area contributed by atoms with Crippen LogP contribution in [0.3, 0.4) is 0 Å². The van der Waals surface area contributed by atoms with Crippen LogP contribution in [0.5, 0.6) is 5.75 Å². The topological polar surface area (TPSA) is 321 Å². The molecule has 0 saturated carbocycles. The summed E-state index contributed by atoms with van der Waals surface area (Å²) in [5, 5.41) is 22.6. The van der Waals surface area contributed by atoms with E-state index in [-0.39, 0.29) is 31.3 Å². The maximum atomic E-state index is 14.3. The molecule has 0 spiro atoms. The first kappa shape index (κ1) is 50.0. The van der Waals surface area contributed by atoms with Crippen molar-refractivity contribution in [2.24, 2.45) is 17.2 Å². The minimum Gasteiger partial charge on any atom is -0.497 e. The van der Waals surface area contributed by atoms with E-state index in [9.17, 15) is 34.0 Å². The number of hydrogen-bond acceptors (Lipinski definition) is 11. The van der Waals surface area contributed by atoms with Crippen LogP contribution in [0.4, 0.5) is 4.79 Å². The molecule has 0 bridgehead atoms. The quantitative estimate of drug-likeness (QED) is 0.0253. The molecule has 5 rings (SSSR count). The first-order valence-electron chi connectivity index (χ1n) is 21.6. The Morgan fingerprint density at radius 3 is 2.18 bits per heavy atom.